The van der Waals surface area contributed by atoms with Crippen LogP contribution in [-0.4, -0.2) is 30.1 Å². The van der Waals surface area contributed by atoms with Gasteiger partial charge in [0.05, 0.1) is 6.61 Å². The molecule has 1 atom stereocenters. The van der Waals surface area contributed by atoms with Crippen LogP contribution in [0.3, 0.4) is 0 Å². The van der Waals surface area contributed by atoms with Crippen molar-refractivity contribution < 1.29 is 19.4 Å². The van der Waals surface area contributed by atoms with Crippen molar-refractivity contribution in [1.82, 2.24) is 0 Å². The number of carbonyl (C=O) groups excluding carboxylic acids is 2. The molecule has 4 nitrogen and oxygen atoms in total. The van der Waals surface area contributed by atoms with Gasteiger partial charge in [-0.15, -0.1) is 0 Å². The van der Waals surface area contributed by atoms with Gasteiger partial charge in [0, 0.05) is 13.0 Å². The summed E-state index contributed by atoms with van der Waals surface area (Å²) in [5, 5.41) is 8.65. The predicted molar refractivity (Wildman–Crippen MR) is 45.0 cm³/mol. The van der Waals surface area contributed by atoms with Crippen molar-refractivity contribution in [3.05, 3.63) is 0 Å². The van der Waals surface area contributed by atoms with Crippen LogP contribution in [0.5, 0.6) is 0 Å². The number of hydrogen-bond acceptors (Lipinski definition) is 4. The summed E-state index contributed by atoms with van der Waals surface area (Å²) >= 11 is 0. The Morgan fingerprint density at radius 2 is 2.38 bits per heavy atom. The standard InChI is InChI=1S/C9H14O4/c1-7(11)9(3-2-5-10)4-6-13-8(9)12/h10H,2-6H2,1H3. The summed E-state index contributed by atoms with van der Waals surface area (Å²) < 4.78 is 4.79. The molecular weight excluding hydrogens is 172 g/mol. The molecule has 4 heteroatoms. The number of rotatable bonds is 4. The maximum Gasteiger partial charge on any atom is 0.319 e. The third-order valence-corrected chi connectivity index (χ3v) is 2.59. The summed E-state index contributed by atoms with van der Waals surface area (Å²) in [6.45, 7) is 1.73. The third-order valence-electron chi connectivity index (χ3n) is 2.59. The lowest BCUT2D eigenvalue weighted by Crippen LogP contribution is -2.34. The quantitative estimate of drug-likeness (QED) is 0.506. The van der Waals surface area contributed by atoms with Gasteiger partial charge in [0.25, 0.3) is 0 Å². The van der Waals surface area contributed by atoms with Crippen LogP contribution >= 0.6 is 0 Å². The summed E-state index contributed by atoms with van der Waals surface area (Å²) in [6.07, 6.45) is 1.33. The second-order valence-corrected chi connectivity index (χ2v) is 3.35. The van der Waals surface area contributed by atoms with E-state index in [2.05, 4.69) is 0 Å². The van der Waals surface area contributed by atoms with E-state index in [1.807, 2.05) is 0 Å². The van der Waals surface area contributed by atoms with Gasteiger partial charge in [-0.2, -0.15) is 0 Å². The Kier molecular flexibility index (Phi) is 3.03. The molecule has 1 unspecified atom stereocenters. The van der Waals surface area contributed by atoms with Gasteiger partial charge in [-0.3, -0.25) is 9.59 Å². The SMILES string of the molecule is CC(=O)C1(CCCO)CCOC1=O. The third kappa shape index (κ3) is 1.72. The van der Waals surface area contributed by atoms with Crippen molar-refractivity contribution in [3.8, 4) is 0 Å². The van der Waals surface area contributed by atoms with Crippen LogP contribution in [-0.2, 0) is 14.3 Å². The van der Waals surface area contributed by atoms with Gasteiger partial charge in [-0.1, -0.05) is 0 Å². The first kappa shape index (κ1) is 10.2. The van der Waals surface area contributed by atoms with E-state index in [9.17, 15) is 9.59 Å². The van der Waals surface area contributed by atoms with Crippen molar-refractivity contribution in [2.45, 2.75) is 26.2 Å². The van der Waals surface area contributed by atoms with Gasteiger partial charge in [0.2, 0.25) is 0 Å². The van der Waals surface area contributed by atoms with E-state index in [1.165, 1.54) is 6.92 Å². The Hall–Kier alpha value is -0.900. The monoisotopic (exact) mass is 186 g/mol. The molecular formula is C9H14O4. The Balaban J connectivity index is 2.74. The minimum absolute atomic E-state index is 0.00229. The molecule has 0 aromatic carbocycles. The molecule has 1 rings (SSSR count). The molecule has 0 bridgehead atoms. The van der Waals surface area contributed by atoms with Gasteiger partial charge in [0.15, 0.2) is 0 Å². The number of carbonyl (C=O) groups is 2. The predicted octanol–water partition coefficient (Wildman–Crippen LogP) is 0.281. The Morgan fingerprint density at radius 1 is 1.69 bits per heavy atom. The van der Waals surface area contributed by atoms with E-state index in [1.54, 1.807) is 0 Å². The Labute approximate surface area is 76.9 Å². The zero-order chi connectivity index (χ0) is 9.90. The molecule has 0 aromatic rings. The molecule has 0 spiro atoms. The Bertz CT molecular complexity index is 224. The molecule has 1 aliphatic rings. The lowest BCUT2D eigenvalue weighted by Gasteiger charge is -2.20. The second-order valence-electron chi connectivity index (χ2n) is 3.35. The average Bonchev–Trinajstić information content (AvgIpc) is 2.45. The molecule has 0 radical (unpaired) electrons. The van der Waals surface area contributed by atoms with Crippen LogP contribution in [0.25, 0.3) is 0 Å². The lowest BCUT2D eigenvalue weighted by atomic mass is 9.78. The van der Waals surface area contributed by atoms with Gasteiger partial charge < -0.3 is 9.84 Å². The molecule has 1 fully saturated rings. The first-order valence-corrected chi connectivity index (χ1v) is 4.42. The first-order chi connectivity index (χ1) is 6.13. The van der Waals surface area contributed by atoms with Crippen molar-refractivity contribution in [1.29, 1.82) is 0 Å². The molecule has 0 aromatic heterocycles. The first-order valence-electron chi connectivity index (χ1n) is 4.42. The maximum absolute atomic E-state index is 11.3. The lowest BCUT2D eigenvalue weighted by molar-refractivity contribution is -0.151. The number of ether oxygens (including phenoxy) is 1. The van der Waals surface area contributed by atoms with Crippen LogP contribution in [0, 0.1) is 5.41 Å². The highest BCUT2D eigenvalue weighted by Crippen LogP contribution is 2.35. The normalized spacial score (nSPS) is 27.4. The molecule has 74 valence electrons. The minimum Gasteiger partial charge on any atom is -0.465 e. The summed E-state index contributed by atoms with van der Waals surface area (Å²) in [4.78, 5) is 22.6. The molecule has 0 saturated carbocycles. The zero-order valence-corrected chi connectivity index (χ0v) is 7.71. The van der Waals surface area contributed by atoms with Crippen LogP contribution in [0.15, 0.2) is 0 Å². The van der Waals surface area contributed by atoms with E-state index in [4.69, 9.17) is 9.84 Å². The van der Waals surface area contributed by atoms with Crippen molar-refractivity contribution in [3.63, 3.8) is 0 Å². The summed E-state index contributed by atoms with van der Waals surface area (Å²) in [5.41, 5.74) is -0.956. The van der Waals surface area contributed by atoms with Crippen LogP contribution in [0.2, 0.25) is 0 Å². The summed E-state index contributed by atoms with van der Waals surface area (Å²) in [5.74, 6) is -0.572. The fourth-order valence-corrected chi connectivity index (χ4v) is 1.66. The van der Waals surface area contributed by atoms with Gasteiger partial charge in [-0.05, 0) is 19.8 Å². The van der Waals surface area contributed by atoms with E-state index in [0.717, 1.165) is 0 Å². The molecule has 0 aliphatic carbocycles. The number of Topliss-reactive ketones (excluding diaryl/α,β-unsaturated/α-hetero) is 1. The maximum atomic E-state index is 11.3. The van der Waals surface area contributed by atoms with Crippen LogP contribution in [0.1, 0.15) is 26.2 Å². The minimum atomic E-state index is -0.956. The van der Waals surface area contributed by atoms with Gasteiger partial charge >= 0.3 is 5.97 Å². The van der Waals surface area contributed by atoms with Crippen molar-refractivity contribution in [2.75, 3.05) is 13.2 Å². The highest BCUT2D eigenvalue weighted by Gasteiger charge is 2.47. The van der Waals surface area contributed by atoms with E-state index in [0.29, 0.717) is 25.9 Å². The molecule has 1 aliphatic heterocycles. The number of esters is 1. The van der Waals surface area contributed by atoms with Gasteiger partial charge in [-0.25, -0.2) is 0 Å². The number of cyclic esters (lactones) is 1. The van der Waals surface area contributed by atoms with E-state index in [-0.39, 0.29) is 12.4 Å². The van der Waals surface area contributed by atoms with Crippen molar-refractivity contribution >= 4 is 11.8 Å². The highest BCUT2D eigenvalue weighted by molar-refractivity contribution is 6.03. The summed E-state index contributed by atoms with van der Waals surface area (Å²) in [7, 11) is 0. The topological polar surface area (TPSA) is 63.6 Å². The molecule has 1 heterocycles. The number of aliphatic hydroxyl groups is 1. The molecule has 1 N–H and O–H groups in total. The number of hydrogen-bond donors (Lipinski definition) is 1. The zero-order valence-electron chi connectivity index (χ0n) is 7.71. The average molecular weight is 186 g/mol. The molecule has 1 saturated heterocycles. The fourth-order valence-electron chi connectivity index (χ4n) is 1.66. The van der Waals surface area contributed by atoms with Crippen molar-refractivity contribution in [2.24, 2.45) is 5.41 Å². The molecule has 0 amide bonds. The Morgan fingerprint density at radius 3 is 2.77 bits per heavy atom. The summed E-state index contributed by atoms with van der Waals surface area (Å²) in [6, 6.07) is 0. The smallest absolute Gasteiger partial charge is 0.319 e. The van der Waals surface area contributed by atoms with E-state index >= 15 is 0 Å². The second kappa shape index (κ2) is 3.87. The van der Waals surface area contributed by atoms with Crippen LogP contribution in [0.4, 0.5) is 0 Å². The number of aliphatic hydroxyl groups excluding tert-OH is 1. The van der Waals surface area contributed by atoms with Crippen LogP contribution < -0.4 is 0 Å². The number of ketones is 1. The van der Waals surface area contributed by atoms with E-state index < -0.39 is 11.4 Å². The highest BCUT2D eigenvalue weighted by atomic mass is 16.5. The molecule has 13 heavy (non-hydrogen) atoms. The largest absolute Gasteiger partial charge is 0.465 e. The van der Waals surface area contributed by atoms with Gasteiger partial charge in [0.1, 0.15) is 11.2 Å². The fraction of sp³-hybridized carbons (Fsp3) is 0.778.